The van der Waals surface area contributed by atoms with Crippen molar-refractivity contribution in [3.05, 3.63) is 0 Å². The standard InChI is InChI=1S/C9H14O3/c1-2-6-3-7(9(11)12)5-8(10)4-6/h6-7H,2-5H2,1H3,(H,11,12). The summed E-state index contributed by atoms with van der Waals surface area (Å²) in [5.74, 6) is -0.828. The van der Waals surface area contributed by atoms with Crippen LogP contribution in [-0.2, 0) is 9.59 Å². The van der Waals surface area contributed by atoms with Gasteiger partial charge in [0.25, 0.3) is 0 Å². The van der Waals surface area contributed by atoms with Crippen LogP contribution in [0.2, 0.25) is 0 Å². The molecule has 3 nitrogen and oxygen atoms in total. The van der Waals surface area contributed by atoms with Gasteiger partial charge in [0.15, 0.2) is 0 Å². The van der Waals surface area contributed by atoms with Crippen LogP contribution in [0.1, 0.15) is 32.6 Å². The van der Waals surface area contributed by atoms with Gasteiger partial charge in [-0.15, -0.1) is 0 Å². The number of ketones is 1. The highest BCUT2D eigenvalue weighted by Crippen LogP contribution is 2.28. The van der Waals surface area contributed by atoms with Gasteiger partial charge in [0, 0.05) is 12.8 Å². The van der Waals surface area contributed by atoms with Crippen LogP contribution in [0.3, 0.4) is 0 Å². The maximum atomic E-state index is 11.1. The van der Waals surface area contributed by atoms with Crippen molar-refractivity contribution < 1.29 is 14.7 Å². The van der Waals surface area contributed by atoms with E-state index in [1.165, 1.54) is 0 Å². The molecule has 0 heterocycles. The third kappa shape index (κ3) is 2.06. The summed E-state index contributed by atoms with van der Waals surface area (Å²) in [5.41, 5.74) is 0. The van der Waals surface area contributed by atoms with E-state index in [-0.39, 0.29) is 12.2 Å². The Balaban J connectivity index is 2.56. The lowest BCUT2D eigenvalue weighted by Gasteiger charge is -2.24. The number of aliphatic carboxylic acids is 1. The molecule has 0 aromatic carbocycles. The molecule has 0 bridgehead atoms. The highest BCUT2D eigenvalue weighted by Gasteiger charge is 2.30. The molecule has 0 aliphatic heterocycles. The normalized spacial score (nSPS) is 30.2. The summed E-state index contributed by atoms with van der Waals surface area (Å²) in [5, 5.41) is 8.72. The van der Waals surface area contributed by atoms with Crippen LogP contribution < -0.4 is 0 Å². The van der Waals surface area contributed by atoms with Crippen LogP contribution in [0.15, 0.2) is 0 Å². The van der Waals surface area contributed by atoms with E-state index in [1.807, 2.05) is 6.92 Å². The summed E-state index contributed by atoms with van der Waals surface area (Å²) in [4.78, 5) is 21.7. The van der Waals surface area contributed by atoms with E-state index in [0.29, 0.717) is 18.8 Å². The van der Waals surface area contributed by atoms with Crippen LogP contribution in [0.5, 0.6) is 0 Å². The molecule has 0 aromatic rings. The van der Waals surface area contributed by atoms with E-state index in [2.05, 4.69) is 0 Å². The summed E-state index contributed by atoms with van der Waals surface area (Å²) in [6, 6.07) is 0. The van der Waals surface area contributed by atoms with Gasteiger partial charge in [0.1, 0.15) is 5.78 Å². The topological polar surface area (TPSA) is 54.4 Å². The second-order valence-electron chi connectivity index (χ2n) is 3.49. The van der Waals surface area contributed by atoms with E-state index < -0.39 is 11.9 Å². The van der Waals surface area contributed by atoms with Gasteiger partial charge in [-0.25, -0.2) is 0 Å². The molecule has 0 radical (unpaired) electrons. The molecule has 3 heteroatoms. The molecule has 68 valence electrons. The van der Waals surface area contributed by atoms with Gasteiger partial charge < -0.3 is 5.11 Å². The minimum absolute atomic E-state index is 0.112. The van der Waals surface area contributed by atoms with Gasteiger partial charge in [-0.3, -0.25) is 9.59 Å². The summed E-state index contributed by atoms with van der Waals surface area (Å²) in [6.45, 7) is 2.00. The van der Waals surface area contributed by atoms with Crippen molar-refractivity contribution in [2.24, 2.45) is 11.8 Å². The van der Waals surface area contributed by atoms with Gasteiger partial charge in [-0.05, 0) is 12.3 Å². The lowest BCUT2D eigenvalue weighted by molar-refractivity contribution is -0.146. The van der Waals surface area contributed by atoms with E-state index in [4.69, 9.17) is 5.11 Å². The third-order valence-electron chi connectivity index (χ3n) is 2.53. The number of carbonyl (C=O) groups is 2. The lowest BCUT2D eigenvalue weighted by atomic mass is 9.79. The summed E-state index contributed by atoms with van der Waals surface area (Å²) in [6.07, 6.45) is 2.42. The van der Waals surface area contributed by atoms with Crippen LogP contribution in [-0.4, -0.2) is 16.9 Å². The second kappa shape index (κ2) is 3.70. The van der Waals surface area contributed by atoms with Crippen molar-refractivity contribution in [3.8, 4) is 0 Å². The first-order valence-corrected chi connectivity index (χ1v) is 4.38. The molecule has 0 saturated heterocycles. The average molecular weight is 170 g/mol. The minimum Gasteiger partial charge on any atom is -0.481 e. The van der Waals surface area contributed by atoms with Crippen LogP contribution in [0.4, 0.5) is 0 Å². The Morgan fingerprint density at radius 2 is 2.25 bits per heavy atom. The fourth-order valence-corrected chi connectivity index (χ4v) is 1.75. The molecule has 1 N–H and O–H groups in total. The SMILES string of the molecule is CCC1CC(=O)CC(C(=O)O)C1. The number of Topliss-reactive ketones (excluding diaryl/α,β-unsaturated/α-hetero) is 1. The number of carbonyl (C=O) groups excluding carboxylic acids is 1. The number of rotatable bonds is 2. The van der Waals surface area contributed by atoms with Gasteiger partial charge in [-0.2, -0.15) is 0 Å². The Bertz CT molecular complexity index is 198. The molecule has 2 atom stereocenters. The zero-order valence-electron chi connectivity index (χ0n) is 7.25. The van der Waals surface area contributed by atoms with Crippen molar-refractivity contribution in [2.75, 3.05) is 0 Å². The van der Waals surface area contributed by atoms with Crippen LogP contribution in [0.25, 0.3) is 0 Å². The van der Waals surface area contributed by atoms with E-state index in [0.717, 1.165) is 6.42 Å². The Hall–Kier alpha value is -0.860. The Kier molecular flexibility index (Phi) is 2.84. The summed E-state index contributed by atoms with van der Waals surface area (Å²) in [7, 11) is 0. The second-order valence-corrected chi connectivity index (χ2v) is 3.49. The molecule has 1 aliphatic carbocycles. The predicted octanol–water partition coefficient (Wildman–Crippen LogP) is 1.47. The molecule has 12 heavy (non-hydrogen) atoms. The quantitative estimate of drug-likeness (QED) is 0.682. The van der Waals surface area contributed by atoms with Gasteiger partial charge in [0.2, 0.25) is 0 Å². The fourth-order valence-electron chi connectivity index (χ4n) is 1.75. The Morgan fingerprint density at radius 1 is 1.58 bits per heavy atom. The smallest absolute Gasteiger partial charge is 0.306 e. The molecule has 1 fully saturated rings. The lowest BCUT2D eigenvalue weighted by Crippen LogP contribution is -2.27. The molecule has 1 aliphatic rings. The predicted molar refractivity (Wildman–Crippen MR) is 43.8 cm³/mol. The highest BCUT2D eigenvalue weighted by atomic mass is 16.4. The van der Waals surface area contributed by atoms with Crippen LogP contribution >= 0.6 is 0 Å². The number of carboxylic acid groups (broad SMARTS) is 1. The fraction of sp³-hybridized carbons (Fsp3) is 0.778. The molecule has 2 unspecified atom stereocenters. The zero-order chi connectivity index (χ0) is 9.14. The number of carboxylic acids is 1. The van der Waals surface area contributed by atoms with Crippen molar-refractivity contribution >= 4 is 11.8 Å². The molecular weight excluding hydrogens is 156 g/mol. The molecule has 0 spiro atoms. The van der Waals surface area contributed by atoms with Gasteiger partial charge >= 0.3 is 5.97 Å². The molecule has 1 rings (SSSR count). The first-order chi connectivity index (χ1) is 5.63. The highest BCUT2D eigenvalue weighted by molar-refractivity contribution is 5.85. The molecule has 0 amide bonds. The monoisotopic (exact) mass is 170 g/mol. The first kappa shape index (κ1) is 9.23. The largest absolute Gasteiger partial charge is 0.481 e. The van der Waals surface area contributed by atoms with Crippen molar-refractivity contribution in [1.82, 2.24) is 0 Å². The average Bonchev–Trinajstić information content (AvgIpc) is 2.03. The van der Waals surface area contributed by atoms with E-state index in [9.17, 15) is 9.59 Å². The molecule has 0 aromatic heterocycles. The minimum atomic E-state index is -0.818. The zero-order valence-corrected chi connectivity index (χ0v) is 7.25. The van der Waals surface area contributed by atoms with Crippen molar-refractivity contribution in [2.45, 2.75) is 32.6 Å². The van der Waals surface area contributed by atoms with Crippen molar-refractivity contribution in [3.63, 3.8) is 0 Å². The summed E-state index contributed by atoms with van der Waals surface area (Å²) < 4.78 is 0. The Labute approximate surface area is 71.8 Å². The van der Waals surface area contributed by atoms with Gasteiger partial charge in [0.05, 0.1) is 5.92 Å². The van der Waals surface area contributed by atoms with E-state index in [1.54, 1.807) is 0 Å². The van der Waals surface area contributed by atoms with Crippen molar-refractivity contribution in [1.29, 1.82) is 0 Å². The number of hydrogen-bond acceptors (Lipinski definition) is 2. The molecule has 1 saturated carbocycles. The van der Waals surface area contributed by atoms with E-state index >= 15 is 0 Å². The number of hydrogen-bond donors (Lipinski definition) is 1. The first-order valence-electron chi connectivity index (χ1n) is 4.38. The molecular formula is C9H14O3. The third-order valence-corrected chi connectivity index (χ3v) is 2.53. The Morgan fingerprint density at radius 3 is 2.75 bits per heavy atom. The van der Waals surface area contributed by atoms with Crippen LogP contribution in [0, 0.1) is 11.8 Å². The van der Waals surface area contributed by atoms with Gasteiger partial charge in [-0.1, -0.05) is 13.3 Å². The maximum Gasteiger partial charge on any atom is 0.306 e. The summed E-state index contributed by atoms with van der Waals surface area (Å²) >= 11 is 0. The maximum absolute atomic E-state index is 11.1.